The van der Waals surface area contributed by atoms with Gasteiger partial charge in [-0.25, -0.2) is 0 Å². The van der Waals surface area contributed by atoms with Crippen LogP contribution in [0.3, 0.4) is 0 Å². The molecule has 0 bridgehead atoms. The van der Waals surface area contributed by atoms with Crippen LogP contribution in [-0.4, -0.2) is 14.9 Å². The van der Waals surface area contributed by atoms with Crippen molar-refractivity contribution in [3.8, 4) is 11.5 Å². The van der Waals surface area contributed by atoms with Crippen molar-refractivity contribution in [1.82, 2.24) is 5.32 Å². The van der Waals surface area contributed by atoms with Gasteiger partial charge in [0.15, 0.2) is 11.5 Å². The Balaban J connectivity index is 1.85. The summed E-state index contributed by atoms with van der Waals surface area (Å²) in [6.07, 6.45) is 0. The lowest BCUT2D eigenvalue weighted by molar-refractivity contribution is -0.0911. The highest BCUT2D eigenvalue weighted by molar-refractivity contribution is 8.13. The van der Waals surface area contributed by atoms with Crippen LogP contribution in [0, 0.1) is 0 Å². The van der Waals surface area contributed by atoms with Crippen LogP contribution in [0.15, 0.2) is 47.4 Å². The second-order valence-electron chi connectivity index (χ2n) is 4.86. The van der Waals surface area contributed by atoms with Crippen LogP contribution in [0.25, 0.3) is 0 Å². The van der Waals surface area contributed by atoms with Crippen LogP contribution < -0.4 is 14.8 Å². The van der Waals surface area contributed by atoms with Gasteiger partial charge in [0.2, 0.25) is 0 Å². The maximum Gasteiger partial charge on any atom is 0.388 e. The van der Waals surface area contributed by atoms with E-state index in [1.165, 1.54) is 12.1 Å². The highest BCUT2D eigenvalue weighted by atomic mass is 35.6. The molecule has 1 N–H and O–H groups in total. The number of amides is 1. The fraction of sp³-hybridized carbons (Fsp3) is 0.133. The van der Waals surface area contributed by atoms with Gasteiger partial charge in [0, 0.05) is 17.0 Å². The normalized spacial score (nSPS) is 15.1. The van der Waals surface area contributed by atoms with Gasteiger partial charge in [0.25, 0.3) is 9.03 Å². The number of hydrogen-bond donors (Lipinski definition) is 1. The molecule has 0 atom stereocenters. The third-order valence-corrected chi connectivity index (χ3v) is 5.35. The maximum atomic E-state index is 12.4. The molecule has 1 aliphatic rings. The highest BCUT2D eigenvalue weighted by Crippen LogP contribution is 2.50. The van der Waals surface area contributed by atoms with Crippen molar-refractivity contribution in [3.05, 3.63) is 52.5 Å². The molecule has 25 heavy (non-hydrogen) atoms. The third kappa shape index (κ3) is 4.02. The molecule has 0 unspecified atom stereocenters. The number of hydrogen-bond acceptors (Lipinski definition) is 4. The number of benzene rings is 2. The van der Waals surface area contributed by atoms with Gasteiger partial charge in [-0.05, 0) is 23.9 Å². The van der Waals surface area contributed by atoms with E-state index in [1.807, 2.05) is 6.07 Å². The van der Waals surface area contributed by atoms with Gasteiger partial charge < -0.3 is 9.47 Å². The van der Waals surface area contributed by atoms with E-state index in [4.69, 9.17) is 67.5 Å². The van der Waals surface area contributed by atoms with Crippen LogP contribution in [0.1, 0.15) is 0 Å². The van der Waals surface area contributed by atoms with Gasteiger partial charge in [-0.1, -0.05) is 76.2 Å². The molecule has 0 saturated heterocycles. The standard InChI is InChI=1S/C15H8Cl5NO3S/c16-9-6-11-12(7-10(9)17)24-15(23-11,14(18,19)20)21-13(22)25-8-4-2-1-3-5-8/h1-7H,(H,21,22). The van der Waals surface area contributed by atoms with Crippen molar-refractivity contribution in [1.29, 1.82) is 0 Å². The molecule has 3 rings (SSSR count). The van der Waals surface area contributed by atoms with E-state index in [9.17, 15) is 4.79 Å². The molecule has 10 heteroatoms. The molecule has 0 aliphatic carbocycles. The van der Waals surface area contributed by atoms with Gasteiger partial charge in [0.05, 0.1) is 10.0 Å². The number of ether oxygens (including phenoxy) is 2. The lowest BCUT2D eigenvalue weighted by Gasteiger charge is -2.33. The van der Waals surface area contributed by atoms with Gasteiger partial charge in [0.1, 0.15) is 0 Å². The summed E-state index contributed by atoms with van der Waals surface area (Å²) in [7, 11) is 0. The van der Waals surface area contributed by atoms with Crippen LogP contribution in [0.4, 0.5) is 4.79 Å². The Morgan fingerprint density at radius 1 is 1.00 bits per heavy atom. The summed E-state index contributed by atoms with van der Waals surface area (Å²) in [5.74, 6) is -1.69. The zero-order valence-corrected chi connectivity index (χ0v) is 16.7. The fourth-order valence-corrected chi connectivity index (χ4v) is 3.37. The lowest BCUT2D eigenvalue weighted by atomic mass is 10.3. The summed E-state index contributed by atoms with van der Waals surface area (Å²) < 4.78 is 9.05. The molecule has 0 spiro atoms. The third-order valence-electron chi connectivity index (χ3n) is 3.09. The van der Waals surface area contributed by atoms with E-state index in [0.717, 1.165) is 11.8 Å². The van der Waals surface area contributed by atoms with Crippen LogP contribution >= 0.6 is 69.8 Å². The second-order valence-corrected chi connectivity index (χ2v) is 9.00. The van der Waals surface area contributed by atoms with Crippen molar-refractivity contribution < 1.29 is 14.3 Å². The Morgan fingerprint density at radius 2 is 1.52 bits per heavy atom. The molecule has 0 aromatic heterocycles. The molecule has 2 aromatic carbocycles. The van der Waals surface area contributed by atoms with Crippen molar-refractivity contribution in [2.24, 2.45) is 0 Å². The number of alkyl halides is 3. The van der Waals surface area contributed by atoms with Gasteiger partial charge in [-0.15, -0.1) is 0 Å². The van der Waals surface area contributed by atoms with E-state index in [2.05, 4.69) is 5.32 Å². The molecule has 1 heterocycles. The first-order valence-electron chi connectivity index (χ1n) is 6.69. The van der Waals surface area contributed by atoms with Crippen molar-refractivity contribution >= 4 is 75.0 Å². The SMILES string of the molecule is O=C(NC1(C(Cl)(Cl)Cl)Oc2cc(Cl)c(Cl)cc2O1)Sc1ccccc1. The molecule has 0 radical (unpaired) electrons. The molecule has 1 aliphatic heterocycles. The van der Waals surface area contributed by atoms with E-state index in [1.54, 1.807) is 24.3 Å². The Bertz CT molecular complexity index is 782. The fourth-order valence-electron chi connectivity index (χ4n) is 1.99. The number of carbonyl (C=O) groups excluding carboxylic acids is 1. The molecule has 2 aromatic rings. The van der Waals surface area contributed by atoms with E-state index in [0.29, 0.717) is 4.90 Å². The molecule has 132 valence electrons. The molecule has 0 fully saturated rings. The van der Waals surface area contributed by atoms with Crippen LogP contribution in [-0.2, 0) is 0 Å². The quantitative estimate of drug-likeness (QED) is 0.423. The smallest absolute Gasteiger partial charge is 0.388 e. The average molecular weight is 460 g/mol. The first kappa shape index (κ1) is 19.1. The topological polar surface area (TPSA) is 47.6 Å². The van der Waals surface area contributed by atoms with Gasteiger partial charge >= 0.3 is 5.91 Å². The van der Waals surface area contributed by atoms with Crippen molar-refractivity contribution in [3.63, 3.8) is 0 Å². The van der Waals surface area contributed by atoms with Crippen molar-refractivity contribution in [2.75, 3.05) is 0 Å². The van der Waals surface area contributed by atoms with Crippen LogP contribution in [0.5, 0.6) is 11.5 Å². The zero-order chi connectivity index (χ0) is 18.2. The first-order chi connectivity index (χ1) is 11.7. The van der Waals surface area contributed by atoms with Gasteiger partial charge in [-0.2, -0.15) is 0 Å². The van der Waals surface area contributed by atoms with E-state index >= 15 is 0 Å². The molecule has 0 saturated carbocycles. The monoisotopic (exact) mass is 457 g/mol. The number of nitrogens with one attached hydrogen (secondary N) is 1. The van der Waals surface area contributed by atoms with Crippen molar-refractivity contribution in [2.45, 2.75) is 14.6 Å². The van der Waals surface area contributed by atoms with Gasteiger partial charge in [-0.3, -0.25) is 10.1 Å². The largest absolute Gasteiger partial charge is 0.428 e. The first-order valence-corrected chi connectivity index (χ1v) is 9.40. The molecule has 1 amide bonds. The maximum absolute atomic E-state index is 12.4. The average Bonchev–Trinajstić information content (AvgIpc) is 2.86. The lowest BCUT2D eigenvalue weighted by Crippen LogP contribution is -2.62. The Morgan fingerprint density at radius 3 is 2.00 bits per heavy atom. The van der Waals surface area contributed by atoms with E-state index < -0.39 is 14.9 Å². The highest BCUT2D eigenvalue weighted by Gasteiger charge is 2.59. The molecular formula is C15H8Cl5NO3S. The number of fused-ring (bicyclic) bond motifs is 1. The Kier molecular flexibility index (Phi) is 5.45. The summed E-state index contributed by atoms with van der Waals surface area (Å²) in [5.41, 5.74) is 0. The number of halogens is 5. The molecular weight excluding hydrogens is 452 g/mol. The summed E-state index contributed by atoms with van der Waals surface area (Å²) in [6, 6.07) is 11.8. The van der Waals surface area contributed by atoms with Crippen LogP contribution in [0.2, 0.25) is 10.0 Å². The number of thioether (sulfide) groups is 1. The minimum absolute atomic E-state index is 0.186. The minimum atomic E-state index is -2.14. The molecule has 4 nitrogen and oxygen atoms in total. The summed E-state index contributed by atoms with van der Waals surface area (Å²) >= 11 is 30.8. The Labute approximate surface area is 172 Å². The summed E-state index contributed by atoms with van der Waals surface area (Å²) in [5, 5.41) is 2.39. The summed E-state index contributed by atoms with van der Waals surface area (Å²) in [4.78, 5) is 13.1. The predicted octanol–water partition coefficient (Wildman–Crippen LogP) is 6.29. The summed E-state index contributed by atoms with van der Waals surface area (Å²) in [6.45, 7) is 0. The minimum Gasteiger partial charge on any atom is -0.428 e. The number of carbonyl (C=O) groups is 1. The zero-order valence-electron chi connectivity index (χ0n) is 12.1. The predicted molar refractivity (Wildman–Crippen MR) is 102 cm³/mol. The van der Waals surface area contributed by atoms with E-state index in [-0.39, 0.29) is 21.5 Å². The Hall–Kier alpha value is -0.690. The number of rotatable bonds is 2. The second kappa shape index (κ2) is 7.14.